The Kier molecular flexibility index (Phi) is 20.7. The summed E-state index contributed by atoms with van der Waals surface area (Å²) < 4.78 is 0. The number of aromatic hydroxyl groups is 4. The number of hydrogen-bond donors (Lipinski definition) is 6. The molecule has 0 spiro atoms. The minimum absolute atomic E-state index is 0.00342. The molecule has 0 saturated carbocycles. The van der Waals surface area contributed by atoms with E-state index in [4.69, 9.17) is 169 Å². The number of phenols is 4. The molecule has 24 heteroatoms. The maximum absolute atomic E-state index is 12.1. The lowest BCUT2D eigenvalue weighted by molar-refractivity contribution is 0.422. The van der Waals surface area contributed by atoms with E-state index in [0.717, 1.165) is 0 Å². The lowest BCUT2D eigenvalue weighted by atomic mass is 9.77. The maximum Gasteiger partial charge on any atom is 0.166 e. The quantitative estimate of drug-likeness (QED) is 0.0925. The number of nitrogens with one attached hydrogen (secondary N) is 2. The molecule has 0 amide bonds. The fourth-order valence-corrected chi connectivity index (χ4v) is 19.1. The molecule has 0 aliphatic carbocycles. The van der Waals surface area contributed by atoms with Gasteiger partial charge >= 0.3 is 0 Å². The van der Waals surface area contributed by atoms with Crippen molar-refractivity contribution in [1.29, 1.82) is 0 Å². The number of benzene rings is 8. The van der Waals surface area contributed by atoms with E-state index < -0.39 is 43.3 Å². The van der Waals surface area contributed by atoms with Gasteiger partial charge in [-0.2, -0.15) is 0 Å². The van der Waals surface area contributed by atoms with Gasteiger partial charge in [-0.15, -0.1) is 0 Å². The Morgan fingerprint density at radius 1 is 0.205 bits per heavy atom. The fraction of sp³-hybridized carbons (Fsp3) is 0.364. The topological polar surface area (TPSA) is 190 Å². The average molecular weight is 1750 g/mol. The van der Waals surface area contributed by atoms with Gasteiger partial charge in [0.25, 0.3) is 0 Å². The van der Waals surface area contributed by atoms with Crippen molar-refractivity contribution < 1.29 is 20.4 Å². The first-order chi connectivity index (χ1) is 51.3. The second kappa shape index (κ2) is 27.7. The van der Waals surface area contributed by atoms with Gasteiger partial charge in [0, 0.05) is 88.3 Å². The minimum atomic E-state index is -0.600. The summed E-state index contributed by atoms with van der Waals surface area (Å²) in [5.41, 5.74) is 4.00. The van der Waals surface area contributed by atoms with Crippen LogP contribution in [0.3, 0.4) is 0 Å². The zero-order valence-corrected chi connectivity index (χ0v) is 75.7. The van der Waals surface area contributed by atoms with Crippen LogP contribution in [0.15, 0.2) is 48.5 Å². The Morgan fingerprint density at radius 3 is 0.545 bits per heavy atom. The van der Waals surface area contributed by atoms with E-state index in [2.05, 4.69) is 9.97 Å². The third-order valence-electron chi connectivity index (χ3n) is 21.0. The first kappa shape index (κ1) is 83.7. The highest BCUT2D eigenvalue weighted by Gasteiger charge is 2.40. The van der Waals surface area contributed by atoms with Crippen LogP contribution in [-0.4, -0.2) is 60.3 Å². The summed E-state index contributed by atoms with van der Waals surface area (Å²) in [5.74, 6) is 0.152. The molecule has 112 heavy (non-hydrogen) atoms. The fourth-order valence-electron chi connectivity index (χ4n) is 15.1. The molecule has 0 unspecified atom stereocenters. The van der Waals surface area contributed by atoms with Crippen LogP contribution in [0.1, 0.15) is 211 Å². The van der Waals surface area contributed by atoms with Crippen molar-refractivity contribution in [3.8, 4) is 113 Å². The lowest BCUT2D eigenvalue weighted by Crippen LogP contribution is -2.17. The molecular weight excluding hydrogens is 1660 g/mol. The summed E-state index contributed by atoms with van der Waals surface area (Å²) in [5, 5.41) is 49.4. The molecule has 2 aliphatic heterocycles. The molecule has 2 aliphatic rings. The van der Waals surface area contributed by atoms with E-state index in [-0.39, 0.29) is 184 Å². The molecule has 13 rings (SSSR count). The highest BCUT2D eigenvalue weighted by atomic mass is 35.5. The SMILES string of the molecule is CC(C)(C)c1cc(-c2c(Cl)c(Cl)c3c(c2Cl)-c2nc-3nc3[nH]c(nc4nc(nc5[nH]c(n2)c2c(Cl)c(Cl)c(-c6cc(C(C)(C)C)c(O)c(C(C)(C)C)c6)c(Cl)c52)-c2c(Cl)c(Cl)c(-c5cc(C(C)(C)C)c(O)c(C(C)(C)C)c5)c(Cl)c2-4)c2c(Cl)c(Cl)c(-c4cc(C(C)(C)C)c(O)c(C(C)(C)C)c4)c(Cl)c32)cc(C(C)(C)C)c1O. The van der Waals surface area contributed by atoms with Crippen LogP contribution in [0.4, 0.5) is 0 Å². The van der Waals surface area contributed by atoms with Gasteiger partial charge in [0.1, 0.15) is 45.6 Å². The number of phenolic OH excluding ortho intramolecular Hbond substituents is 4. The second-order valence-electron chi connectivity index (χ2n) is 37.6. The number of hydrogen-bond acceptors (Lipinski definition) is 10. The van der Waals surface area contributed by atoms with Crippen molar-refractivity contribution in [3.05, 3.63) is 153 Å². The Bertz CT molecular complexity index is 5670. The van der Waals surface area contributed by atoms with Crippen LogP contribution in [0.25, 0.3) is 134 Å². The van der Waals surface area contributed by atoms with E-state index in [1.807, 2.05) is 215 Å². The normalized spacial score (nSPS) is 13.3. The Hall–Kier alpha value is -6.20. The van der Waals surface area contributed by atoms with Gasteiger partial charge in [0.15, 0.2) is 23.3 Å². The van der Waals surface area contributed by atoms with Crippen LogP contribution in [0.5, 0.6) is 23.0 Å². The molecule has 0 saturated heterocycles. The van der Waals surface area contributed by atoms with Crippen molar-refractivity contribution in [2.75, 3.05) is 0 Å². The van der Waals surface area contributed by atoms with Gasteiger partial charge in [-0.05, 0) is 114 Å². The predicted molar refractivity (Wildman–Crippen MR) is 474 cm³/mol. The van der Waals surface area contributed by atoms with Gasteiger partial charge < -0.3 is 30.4 Å². The zero-order valence-electron chi connectivity index (χ0n) is 66.6. The largest absolute Gasteiger partial charge is 0.507 e. The van der Waals surface area contributed by atoms with Gasteiger partial charge in [-0.3, -0.25) is 0 Å². The summed E-state index contributed by atoms with van der Waals surface area (Å²) in [6, 6.07) is 14.8. The van der Waals surface area contributed by atoms with Crippen LogP contribution in [-0.2, 0) is 43.3 Å². The van der Waals surface area contributed by atoms with Crippen molar-refractivity contribution in [1.82, 2.24) is 39.9 Å². The molecule has 586 valence electrons. The summed E-state index contributed by atoms with van der Waals surface area (Å²) in [6.45, 7) is 48.0. The van der Waals surface area contributed by atoms with Gasteiger partial charge in [0.2, 0.25) is 0 Å². The molecule has 0 radical (unpaired) electrons. The summed E-state index contributed by atoms with van der Waals surface area (Å²) in [7, 11) is 0. The van der Waals surface area contributed by atoms with Crippen LogP contribution in [0.2, 0.25) is 60.3 Å². The first-order valence-corrected chi connectivity index (χ1v) is 41.0. The average Bonchev–Trinajstić information content (AvgIpc) is 1.55. The van der Waals surface area contributed by atoms with E-state index in [0.29, 0.717) is 77.9 Å². The van der Waals surface area contributed by atoms with Crippen LogP contribution >= 0.6 is 139 Å². The highest BCUT2D eigenvalue weighted by Crippen LogP contribution is 2.60. The number of aromatic amines is 2. The second-order valence-corrected chi connectivity index (χ2v) is 42.1. The monoisotopic (exact) mass is 1740 g/mol. The van der Waals surface area contributed by atoms with E-state index in [9.17, 15) is 20.4 Å². The molecular formula is C88H86Cl12N8O4. The Morgan fingerprint density at radius 2 is 0.357 bits per heavy atom. The van der Waals surface area contributed by atoms with Crippen LogP contribution in [0, 0.1) is 0 Å². The maximum atomic E-state index is 12.1. The van der Waals surface area contributed by atoms with Crippen LogP contribution < -0.4 is 0 Å². The minimum Gasteiger partial charge on any atom is -0.507 e. The van der Waals surface area contributed by atoms with Crippen molar-refractivity contribution in [3.63, 3.8) is 0 Å². The zero-order chi connectivity index (χ0) is 83.0. The van der Waals surface area contributed by atoms with Gasteiger partial charge in [-0.1, -0.05) is 305 Å². The van der Waals surface area contributed by atoms with E-state index in [1.165, 1.54) is 0 Å². The van der Waals surface area contributed by atoms with E-state index >= 15 is 0 Å². The molecule has 0 atom stereocenters. The molecule has 11 aromatic rings. The molecule has 12 nitrogen and oxygen atoms in total. The lowest BCUT2D eigenvalue weighted by Gasteiger charge is -2.29. The highest BCUT2D eigenvalue weighted by molar-refractivity contribution is 6.55. The summed E-state index contributed by atoms with van der Waals surface area (Å²) in [4.78, 5) is 39.3. The Balaban J connectivity index is 1.29. The number of H-pyrrole nitrogens is 2. The molecule has 3 aromatic heterocycles. The molecule has 0 fully saturated rings. The third kappa shape index (κ3) is 13.8. The number of fused-ring (bicyclic) bond motifs is 20. The first-order valence-electron chi connectivity index (χ1n) is 36.5. The molecule has 8 aromatic carbocycles. The van der Waals surface area contributed by atoms with Gasteiger partial charge in [0.05, 0.1) is 82.5 Å². The molecule has 6 N–H and O–H groups in total. The molecule has 5 heterocycles. The predicted octanol–water partition coefficient (Wildman–Crippen LogP) is 30.6. The standard InChI is InChI=1S/C88H86Cl12N8O4/c1-81(2,3)37-25-33(26-38(69(37)109)82(4,5)6)45-57(89)49-53(65(97)61(45)93)77-101-73(49)105-78-54-50(58(90)46(62(94)66(54)98)34-27-39(83(7,8)9)70(110)40(28-34)84(10,11)12)75(102-78)107-80-56-52(60(92)48(64(96)68(56)100)36-31-43(87(19,20)21)72(112)44(32-36)88(22,23)24)76(104-80)108-79-55-51(74(103-79)106-77)59(91)47(63(95)67(55)99)35-29-41(85(13,14)15)71(111)42(30-35)86(16,17)18/h25-32,109-112H,1-24H3,(H2,101,102,103,104,105,106,107,108). The third-order valence-corrected chi connectivity index (χ3v) is 25.9. The molecule has 8 bridgehead atoms. The van der Waals surface area contributed by atoms with E-state index in [1.54, 1.807) is 0 Å². The van der Waals surface area contributed by atoms with Crippen molar-refractivity contribution >= 4 is 183 Å². The van der Waals surface area contributed by atoms with Crippen molar-refractivity contribution in [2.45, 2.75) is 209 Å². The van der Waals surface area contributed by atoms with Crippen molar-refractivity contribution in [2.24, 2.45) is 0 Å². The number of aromatic nitrogens is 8. The number of nitrogens with zero attached hydrogens (tertiary/aromatic N) is 6. The number of rotatable bonds is 4. The van der Waals surface area contributed by atoms with Gasteiger partial charge in [-0.25, -0.2) is 29.9 Å². The summed E-state index contributed by atoms with van der Waals surface area (Å²) in [6.07, 6.45) is 0. The number of halogens is 12. The smallest absolute Gasteiger partial charge is 0.166 e. The summed E-state index contributed by atoms with van der Waals surface area (Å²) >= 11 is 94.7. The Labute approximate surface area is 713 Å².